The van der Waals surface area contributed by atoms with Gasteiger partial charge in [-0.05, 0) is 118 Å². The van der Waals surface area contributed by atoms with Crippen LogP contribution in [0.25, 0.3) is 98.8 Å². The van der Waals surface area contributed by atoms with Gasteiger partial charge in [0.15, 0.2) is 0 Å². The average Bonchev–Trinajstić information content (AvgIpc) is 3.68. The van der Waals surface area contributed by atoms with Crippen molar-refractivity contribution in [2.75, 3.05) is 0 Å². The molecule has 0 unspecified atom stereocenters. The van der Waals surface area contributed by atoms with E-state index in [-0.39, 0.29) is 5.41 Å². The Kier molecular flexibility index (Phi) is 6.08. The van der Waals surface area contributed by atoms with Crippen molar-refractivity contribution in [1.82, 2.24) is 0 Å². The van der Waals surface area contributed by atoms with Crippen molar-refractivity contribution in [1.29, 1.82) is 0 Å². The summed E-state index contributed by atoms with van der Waals surface area (Å²) < 4.78 is 6.40. The van der Waals surface area contributed by atoms with Crippen LogP contribution in [0.5, 0.6) is 0 Å². The summed E-state index contributed by atoms with van der Waals surface area (Å²) in [5.74, 6) is 0. The van der Waals surface area contributed by atoms with E-state index in [2.05, 4.69) is 184 Å². The van der Waals surface area contributed by atoms with E-state index in [1.807, 2.05) is 0 Å². The van der Waals surface area contributed by atoms with Crippen LogP contribution in [0.2, 0.25) is 0 Å². The number of rotatable bonds is 3. The highest BCUT2D eigenvalue weighted by atomic mass is 16.3. The van der Waals surface area contributed by atoms with E-state index in [9.17, 15) is 0 Å². The predicted octanol–water partition coefficient (Wildman–Crippen LogP) is 14.4. The molecule has 0 saturated heterocycles. The SMILES string of the molecule is CC1(C)c2ccccc2-c2ccc(-c3cccc(-c4c5ccccc5c(-c5ccc6oc7ccc8ccccc8c7c6c5)c5ccccc45)c3)cc21. The molecule has 0 amide bonds. The van der Waals surface area contributed by atoms with E-state index < -0.39 is 0 Å². The zero-order chi connectivity index (χ0) is 34.6. The molecule has 0 N–H and O–H groups in total. The second kappa shape index (κ2) is 10.8. The van der Waals surface area contributed by atoms with Crippen molar-refractivity contribution in [2.45, 2.75) is 19.3 Å². The summed E-state index contributed by atoms with van der Waals surface area (Å²) in [6, 6.07) is 62.5. The fourth-order valence-corrected chi connectivity index (χ4v) is 9.19. The molecule has 0 fully saturated rings. The lowest BCUT2D eigenvalue weighted by Crippen LogP contribution is -2.14. The van der Waals surface area contributed by atoms with Gasteiger partial charge in [0.25, 0.3) is 0 Å². The highest BCUT2D eigenvalue weighted by Gasteiger charge is 2.35. The van der Waals surface area contributed by atoms with E-state index in [1.54, 1.807) is 0 Å². The lowest BCUT2D eigenvalue weighted by Gasteiger charge is -2.22. The summed E-state index contributed by atoms with van der Waals surface area (Å²) in [7, 11) is 0. The van der Waals surface area contributed by atoms with Crippen molar-refractivity contribution < 1.29 is 4.42 Å². The first-order chi connectivity index (χ1) is 25.5. The molecule has 0 atom stereocenters. The van der Waals surface area contributed by atoms with E-state index in [0.29, 0.717) is 0 Å². The summed E-state index contributed by atoms with van der Waals surface area (Å²) >= 11 is 0. The maximum Gasteiger partial charge on any atom is 0.136 e. The molecule has 0 bridgehead atoms. The Balaban J connectivity index is 1.12. The average molecular weight is 663 g/mol. The first kappa shape index (κ1) is 29.3. The number of benzene rings is 9. The van der Waals surface area contributed by atoms with Gasteiger partial charge in [0, 0.05) is 16.2 Å². The van der Waals surface area contributed by atoms with Gasteiger partial charge < -0.3 is 4.42 Å². The Labute approximate surface area is 302 Å². The van der Waals surface area contributed by atoms with Gasteiger partial charge in [-0.3, -0.25) is 0 Å². The normalized spacial score (nSPS) is 13.3. The van der Waals surface area contributed by atoms with Gasteiger partial charge in [-0.2, -0.15) is 0 Å². The van der Waals surface area contributed by atoms with E-state index >= 15 is 0 Å². The Hall–Kier alpha value is -6.44. The van der Waals surface area contributed by atoms with Crippen LogP contribution >= 0.6 is 0 Å². The van der Waals surface area contributed by atoms with E-state index in [4.69, 9.17) is 4.42 Å². The minimum absolute atomic E-state index is 0.0410. The molecule has 0 aliphatic heterocycles. The van der Waals surface area contributed by atoms with Crippen LogP contribution in [-0.2, 0) is 5.41 Å². The van der Waals surface area contributed by atoms with Crippen LogP contribution in [0.15, 0.2) is 174 Å². The monoisotopic (exact) mass is 662 g/mol. The van der Waals surface area contributed by atoms with Crippen molar-refractivity contribution in [3.8, 4) is 44.5 Å². The largest absolute Gasteiger partial charge is 0.456 e. The van der Waals surface area contributed by atoms with Crippen LogP contribution in [0.1, 0.15) is 25.0 Å². The summed E-state index contributed by atoms with van der Waals surface area (Å²) in [5.41, 5.74) is 14.7. The lowest BCUT2D eigenvalue weighted by molar-refractivity contribution is 0.660. The molecule has 0 radical (unpaired) electrons. The van der Waals surface area contributed by atoms with Crippen LogP contribution in [-0.4, -0.2) is 0 Å². The molecule has 1 heterocycles. The molecular weight excluding hydrogens is 629 g/mol. The Morgan fingerprint density at radius 1 is 0.365 bits per heavy atom. The van der Waals surface area contributed by atoms with Crippen LogP contribution in [0.3, 0.4) is 0 Å². The van der Waals surface area contributed by atoms with Crippen molar-refractivity contribution in [2.24, 2.45) is 0 Å². The molecule has 52 heavy (non-hydrogen) atoms. The van der Waals surface area contributed by atoms with Crippen LogP contribution in [0, 0.1) is 0 Å². The number of fused-ring (bicyclic) bond motifs is 10. The minimum atomic E-state index is -0.0410. The van der Waals surface area contributed by atoms with Gasteiger partial charge in [0.1, 0.15) is 11.2 Å². The molecule has 1 aliphatic carbocycles. The number of hydrogen-bond acceptors (Lipinski definition) is 1. The van der Waals surface area contributed by atoms with E-state index in [1.165, 1.54) is 93.3 Å². The number of hydrogen-bond donors (Lipinski definition) is 0. The smallest absolute Gasteiger partial charge is 0.136 e. The van der Waals surface area contributed by atoms with E-state index in [0.717, 1.165) is 16.6 Å². The predicted molar refractivity (Wildman–Crippen MR) is 220 cm³/mol. The standard InChI is InChI=1S/C51H34O/c1-51(2)44-21-10-9-16-37(44)38-25-22-33(30-45(38)51)32-13-11-14-34(28-32)48-39-17-5-7-19-41(39)49(42-20-8-6-18-40(42)48)35-24-26-46-43(29-35)50-36-15-4-3-12-31(36)23-27-47(50)52-46/h3-30H,1-2H3. The van der Waals surface area contributed by atoms with Crippen molar-refractivity contribution in [3.05, 3.63) is 181 Å². The van der Waals surface area contributed by atoms with Gasteiger partial charge in [0.2, 0.25) is 0 Å². The highest BCUT2D eigenvalue weighted by molar-refractivity contribution is 6.23. The second-order valence-electron chi connectivity index (χ2n) is 14.8. The third kappa shape index (κ3) is 4.11. The number of furan rings is 1. The molecule has 0 spiro atoms. The highest BCUT2D eigenvalue weighted by Crippen LogP contribution is 2.50. The fraction of sp³-hybridized carbons (Fsp3) is 0.0588. The Bertz CT molecular complexity index is 3040. The third-order valence-electron chi connectivity index (χ3n) is 11.6. The van der Waals surface area contributed by atoms with Gasteiger partial charge in [-0.1, -0.05) is 153 Å². The lowest BCUT2D eigenvalue weighted by atomic mass is 9.81. The maximum absolute atomic E-state index is 6.40. The van der Waals surface area contributed by atoms with Gasteiger partial charge in [-0.15, -0.1) is 0 Å². The molecule has 1 nitrogen and oxygen atoms in total. The summed E-state index contributed by atoms with van der Waals surface area (Å²) in [6.07, 6.45) is 0. The second-order valence-corrected chi connectivity index (χ2v) is 14.8. The quantitative estimate of drug-likeness (QED) is 0.172. The van der Waals surface area contributed by atoms with Crippen molar-refractivity contribution >= 4 is 54.3 Å². The van der Waals surface area contributed by atoms with Gasteiger partial charge in [-0.25, -0.2) is 0 Å². The maximum atomic E-state index is 6.40. The molecule has 11 rings (SSSR count). The molecule has 244 valence electrons. The summed E-state index contributed by atoms with van der Waals surface area (Å²) in [6.45, 7) is 4.71. The molecule has 9 aromatic carbocycles. The fourth-order valence-electron chi connectivity index (χ4n) is 9.19. The molecular formula is C51H34O. The zero-order valence-corrected chi connectivity index (χ0v) is 29.1. The van der Waals surface area contributed by atoms with Gasteiger partial charge >= 0.3 is 0 Å². The zero-order valence-electron chi connectivity index (χ0n) is 29.1. The third-order valence-corrected chi connectivity index (χ3v) is 11.6. The molecule has 10 aromatic rings. The first-order valence-electron chi connectivity index (χ1n) is 18.2. The molecule has 1 aliphatic rings. The Morgan fingerprint density at radius 2 is 0.923 bits per heavy atom. The summed E-state index contributed by atoms with van der Waals surface area (Å²) in [4.78, 5) is 0. The van der Waals surface area contributed by atoms with Gasteiger partial charge in [0.05, 0.1) is 0 Å². The van der Waals surface area contributed by atoms with Crippen LogP contribution < -0.4 is 0 Å². The topological polar surface area (TPSA) is 13.1 Å². The van der Waals surface area contributed by atoms with Crippen LogP contribution in [0.4, 0.5) is 0 Å². The van der Waals surface area contributed by atoms with Crippen molar-refractivity contribution in [3.63, 3.8) is 0 Å². The Morgan fingerprint density at radius 3 is 1.67 bits per heavy atom. The molecule has 0 saturated carbocycles. The summed E-state index contributed by atoms with van der Waals surface area (Å²) in [5, 5.41) is 9.76. The first-order valence-corrected chi connectivity index (χ1v) is 18.2. The molecule has 1 heteroatoms. The molecule has 1 aromatic heterocycles. The minimum Gasteiger partial charge on any atom is -0.456 e.